The lowest BCUT2D eigenvalue weighted by molar-refractivity contribution is -0.120. The third-order valence-electron chi connectivity index (χ3n) is 4.07. The molecule has 1 aromatic carbocycles. The summed E-state index contributed by atoms with van der Waals surface area (Å²) in [5.74, 6) is 0.0110. The number of aryl methyl sites for hydroxylation is 2. The molecular weight excluding hydrogens is 264 g/mol. The molecule has 1 aromatic rings. The standard InChI is InChI=1S/C17H26N2O2/c1-13(19-12-17(20)18-9-10-21-2)15-8-7-14-5-3-4-6-16(14)11-15/h7-8,11,13,19H,3-6,9-10,12H2,1-2H3,(H,18,20). The van der Waals surface area contributed by atoms with Gasteiger partial charge in [0.2, 0.25) is 5.91 Å². The lowest BCUT2D eigenvalue weighted by Gasteiger charge is -2.20. The summed E-state index contributed by atoms with van der Waals surface area (Å²) in [6.45, 7) is 3.55. The molecule has 116 valence electrons. The van der Waals surface area contributed by atoms with E-state index in [4.69, 9.17) is 4.74 Å². The van der Waals surface area contributed by atoms with E-state index in [-0.39, 0.29) is 11.9 Å². The Bertz CT molecular complexity index is 474. The first kappa shape index (κ1) is 16.0. The van der Waals surface area contributed by atoms with Crippen LogP contribution >= 0.6 is 0 Å². The Hall–Kier alpha value is -1.39. The molecular formula is C17H26N2O2. The van der Waals surface area contributed by atoms with E-state index in [0.29, 0.717) is 19.7 Å². The van der Waals surface area contributed by atoms with Gasteiger partial charge in [0.15, 0.2) is 0 Å². The second-order valence-electron chi connectivity index (χ2n) is 5.68. The zero-order chi connectivity index (χ0) is 15.1. The highest BCUT2D eigenvalue weighted by molar-refractivity contribution is 5.78. The Kier molecular flexibility index (Phi) is 6.21. The normalized spacial score (nSPS) is 15.3. The molecule has 4 nitrogen and oxygen atoms in total. The van der Waals surface area contributed by atoms with Crippen LogP contribution in [0.5, 0.6) is 0 Å². The maximum Gasteiger partial charge on any atom is 0.234 e. The van der Waals surface area contributed by atoms with Crippen LogP contribution in [0.4, 0.5) is 0 Å². The Morgan fingerprint density at radius 1 is 1.29 bits per heavy atom. The third-order valence-corrected chi connectivity index (χ3v) is 4.07. The molecule has 1 unspecified atom stereocenters. The molecule has 0 aliphatic heterocycles. The highest BCUT2D eigenvalue weighted by Crippen LogP contribution is 2.24. The number of fused-ring (bicyclic) bond motifs is 1. The zero-order valence-electron chi connectivity index (χ0n) is 13.1. The molecule has 1 aliphatic rings. The zero-order valence-corrected chi connectivity index (χ0v) is 13.1. The van der Waals surface area contributed by atoms with E-state index in [1.807, 2.05) is 0 Å². The summed E-state index contributed by atoms with van der Waals surface area (Å²) >= 11 is 0. The van der Waals surface area contributed by atoms with Gasteiger partial charge in [0, 0.05) is 19.7 Å². The van der Waals surface area contributed by atoms with Crippen LogP contribution in [0.25, 0.3) is 0 Å². The largest absolute Gasteiger partial charge is 0.383 e. The van der Waals surface area contributed by atoms with Crippen LogP contribution in [0.3, 0.4) is 0 Å². The lowest BCUT2D eigenvalue weighted by Crippen LogP contribution is -2.36. The van der Waals surface area contributed by atoms with E-state index in [1.54, 1.807) is 7.11 Å². The van der Waals surface area contributed by atoms with Crippen LogP contribution in [-0.2, 0) is 22.4 Å². The maximum atomic E-state index is 11.7. The minimum atomic E-state index is 0.0110. The van der Waals surface area contributed by atoms with E-state index < -0.39 is 0 Å². The van der Waals surface area contributed by atoms with Gasteiger partial charge >= 0.3 is 0 Å². The fraction of sp³-hybridized carbons (Fsp3) is 0.588. The summed E-state index contributed by atoms with van der Waals surface area (Å²) < 4.78 is 4.90. The molecule has 4 heteroatoms. The van der Waals surface area contributed by atoms with E-state index >= 15 is 0 Å². The van der Waals surface area contributed by atoms with Crippen molar-refractivity contribution in [1.29, 1.82) is 0 Å². The van der Waals surface area contributed by atoms with Crippen LogP contribution in [0.15, 0.2) is 18.2 Å². The number of nitrogens with one attached hydrogen (secondary N) is 2. The van der Waals surface area contributed by atoms with Crippen LogP contribution in [-0.4, -0.2) is 32.7 Å². The van der Waals surface area contributed by atoms with Gasteiger partial charge in [-0.3, -0.25) is 4.79 Å². The molecule has 0 radical (unpaired) electrons. The second-order valence-corrected chi connectivity index (χ2v) is 5.68. The van der Waals surface area contributed by atoms with Crippen molar-refractivity contribution in [2.24, 2.45) is 0 Å². The highest BCUT2D eigenvalue weighted by atomic mass is 16.5. The van der Waals surface area contributed by atoms with Gasteiger partial charge in [-0.05, 0) is 49.3 Å². The number of methoxy groups -OCH3 is 1. The molecule has 2 rings (SSSR count). The van der Waals surface area contributed by atoms with Gasteiger partial charge < -0.3 is 15.4 Å². The van der Waals surface area contributed by atoms with E-state index in [2.05, 4.69) is 35.8 Å². The van der Waals surface area contributed by atoms with Crippen molar-refractivity contribution in [3.8, 4) is 0 Å². The summed E-state index contributed by atoms with van der Waals surface area (Å²) in [5, 5.41) is 6.09. The number of carbonyl (C=O) groups is 1. The predicted molar refractivity (Wildman–Crippen MR) is 84.4 cm³/mol. The van der Waals surface area contributed by atoms with Gasteiger partial charge in [0.1, 0.15) is 0 Å². The number of rotatable bonds is 7. The maximum absolute atomic E-state index is 11.7. The molecule has 0 spiro atoms. The fourth-order valence-corrected chi connectivity index (χ4v) is 2.74. The number of hydrogen-bond acceptors (Lipinski definition) is 3. The summed E-state index contributed by atoms with van der Waals surface area (Å²) in [6, 6.07) is 6.92. The number of hydrogen-bond donors (Lipinski definition) is 2. The Labute approximate surface area is 127 Å². The fourth-order valence-electron chi connectivity index (χ4n) is 2.74. The molecule has 2 N–H and O–H groups in total. The number of carbonyl (C=O) groups excluding carboxylic acids is 1. The van der Waals surface area contributed by atoms with Gasteiger partial charge in [-0.2, -0.15) is 0 Å². The van der Waals surface area contributed by atoms with Gasteiger partial charge in [0.25, 0.3) is 0 Å². The van der Waals surface area contributed by atoms with E-state index in [0.717, 1.165) is 0 Å². The summed E-state index contributed by atoms with van der Waals surface area (Å²) in [4.78, 5) is 11.7. The Balaban J connectivity index is 1.83. The van der Waals surface area contributed by atoms with Crippen LogP contribution in [0.2, 0.25) is 0 Å². The van der Waals surface area contributed by atoms with Gasteiger partial charge in [-0.25, -0.2) is 0 Å². The molecule has 0 heterocycles. The van der Waals surface area contributed by atoms with Gasteiger partial charge in [0.05, 0.1) is 13.2 Å². The summed E-state index contributed by atoms with van der Waals surface area (Å²) in [5.41, 5.74) is 4.24. The second kappa shape index (κ2) is 8.15. The van der Waals surface area contributed by atoms with Crippen molar-refractivity contribution in [3.05, 3.63) is 34.9 Å². The van der Waals surface area contributed by atoms with Crippen LogP contribution in [0, 0.1) is 0 Å². The van der Waals surface area contributed by atoms with E-state index in [1.165, 1.54) is 42.4 Å². The molecule has 1 aliphatic carbocycles. The molecule has 0 bridgehead atoms. The number of ether oxygens (including phenoxy) is 1. The van der Waals surface area contributed by atoms with Gasteiger partial charge in [-0.1, -0.05) is 18.2 Å². The van der Waals surface area contributed by atoms with Crippen molar-refractivity contribution in [2.45, 2.75) is 38.6 Å². The Morgan fingerprint density at radius 3 is 2.81 bits per heavy atom. The van der Waals surface area contributed by atoms with Gasteiger partial charge in [-0.15, -0.1) is 0 Å². The topological polar surface area (TPSA) is 50.4 Å². The van der Waals surface area contributed by atoms with Crippen molar-refractivity contribution in [2.75, 3.05) is 26.8 Å². The van der Waals surface area contributed by atoms with Crippen molar-refractivity contribution in [3.63, 3.8) is 0 Å². The molecule has 0 aromatic heterocycles. The van der Waals surface area contributed by atoms with Crippen molar-refractivity contribution < 1.29 is 9.53 Å². The average Bonchev–Trinajstić information content (AvgIpc) is 2.52. The van der Waals surface area contributed by atoms with Crippen LogP contribution in [0.1, 0.15) is 42.5 Å². The summed E-state index contributed by atoms with van der Waals surface area (Å²) in [7, 11) is 1.63. The smallest absolute Gasteiger partial charge is 0.234 e. The Morgan fingerprint density at radius 2 is 2.05 bits per heavy atom. The molecule has 21 heavy (non-hydrogen) atoms. The SMILES string of the molecule is COCCNC(=O)CNC(C)c1ccc2c(c1)CCCC2. The molecule has 0 saturated heterocycles. The minimum Gasteiger partial charge on any atom is -0.383 e. The molecule has 0 saturated carbocycles. The molecule has 0 fully saturated rings. The average molecular weight is 290 g/mol. The number of benzene rings is 1. The first-order chi connectivity index (χ1) is 10.2. The quantitative estimate of drug-likeness (QED) is 0.755. The molecule has 1 atom stereocenters. The third kappa shape index (κ3) is 4.83. The highest BCUT2D eigenvalue weighted by Gasteiger charge is 2.13. The van der Waals surface area contributed by atoms with E-state index in [9.17, 15) is 4.79 Å². The lowest BCUT2D eigenvalue weighted by atomic mass is 9.89. The minimum absolute atomic E-state index is 0.0110. The summed E-state index contributed by atoms with van der Waals surface area (Å²) in [6.07, 6.45) is 4.99. The first-order valence-corrected chi connectivity index (χ1v) is 7.81. The predicted octanol–water partition coefficient (Wildman–Crippen LogP) is 1.98. The van der Waals surface area contributed by atoms with Crippen molar-refractivity contribution in [1.82, 2.24) is 10.6 Å². The first-order valence-electron chi connectivity index (χ1n) is 7.81. The number of amides is 1. The molecule has 1 amide bonds. The van der Waals surface area contributed by atoms with Crippen LogP contribution < -0.4 is 10.6 Å². The monoisotopic (exact) mass is 290 g/mol. The van der Waals surface area contributed by atoms with Crippen molar-refractivity contribution >= 4 is 5.91 Å².